The second-order valence-corrected chi connectivity index (χ2v) is 7.78. The SMILES string of the molecule is CCCC[C@H]1[C@@H]2C(=O)N(c3ccc(OCCC)cc3)C(=O)[C@H]2ON1c1ccccc1. The fourth-order valence-electron chi connectivity index (χ4n) is 4.19. The van der Waals surface area contributed by atoms with E-state index in [-0.39, 0.29) is 17.9 Å². The number of imide groups is 1. The van der Waals surface area contributed by atoms with Gasteiger partial charge >= 0.3 is 0 Å². The molecule has 2 aromatic carbocycles. The summed E-state index contributed by atoms with van der Waals surface area (Å²) in [7, 11) is 0. The molecule has 2 fully saturated rings. The van der Waals surface area contributed by atoms with Crippen LogP contribution < -0.4 is 14.7 Å². The van der Waals surface area contributed by atoms with Crippen molar-refractivity contribution >= 4 is 23.2 Å². The molecule has 0 spiro atoms. The Bertz CT molecular complexity index is 884. The lowest BCUT2D eigenvalue weighted by atomic mass is 9.92. The van der Waals surface area contributed by atoms with E-state index in [1.165, 1.54) is 4.90 Å². The zero-order chi connectivity index (χ0) is 21.1. The molecule has 3 atom stereocenters. The van der Waals surface area contributed by atoms with Crippen molar-refractivity contribution in [3.8, 4) is 5.75 Å². The third-order valence-corrected chi connectivity index (χ3v) is 5.67. The van der Waals surface area contributed by atoms with Crippen LogP contribution in [-0.4, -0.2) is 30.6 Å². The van der Waals surface area contributed by atoms with Crippen molar-refractivity contribution in [3.05, 3.63) is 54.6 Å². The van der Waals surface area contributed by atoms with Gasteiger partial charge in [0.1, 0.15) is 5.75 Å². The van der Waals surface area contributed by atoms with E-state index >= 15 is 0 Å². The largest absolute Gasteiger partial charge is 0.494 e. The molecular weight excluding hydrogens is 380 g/mol. The van der Waals surface area contributed by atoms with E-state index in [0.29, 0.717) is 12.3 Å². The predicted octanol–water partition coefficient (Wildman–Crippen LogP) is 4.34. The Morgan fingerprint density at radius 1 is 0.900 bits per heavy atom. The topological polar surface area (TPSA) is 59.1 Å². The highest BCUT2D eigenvalue weighted by Crippen LogP contribution is 2.42. The monoisotopic (exact) mass is 408 g/mol. The van der Waals surface area contributed by atoms with Crippen LogP contribution in [0.5, 0.6) is 5.75 Å². The minimum Gasteiger partial charge on any atom is -0.494 e. The van der Waals surface area contributed by atoms with Crippen LogP contribution in [0.3, 0.4) is 0 Å². The van der Waals surface area contributed by atoms with Crippen molar-refractivity contribution in [2.45, 2.75) is 51.7 Å². The zero-order valence-electron chi connectivity index (χ0n) is 17.5. The van der Waals surface area contributed by atoms with E-state index in [9.17, 15) is 9.59 Å². The van der Waals surface area contributed by atoms with Crippen molar-refractivity contribution in [1.29, 1.82) is 0 Å². The summed E-state index contributed by atoms with van der Waals surface area (Å²) in [6.45, 7) is 4.80. The normalized spacial score (nSPS) is 23.2. The molecule has 0 saturated carbocycles. The molecule has 0 aromatic heterocycles. The van der Waals surface area contributed by atoms with Crippen LogP contribution in [0.2, 0.25) is 0 Å². The summed E-state index contributed by atoms with van der Waals surface area (Å²) in [5.74, 6) is -0.258. The number of carbonyl (C=O) groups is 2. The zero-order valence-corrected chi connectivity index (χ0v) is 17.5. The summed E-state index contributed by atoms with van der Waals surface area (Å²) in [5.41, 5.74) is 1.44. The van der Waals surface area contributed by atoms with Gasteiger partial charge in [-0.3, -0.25) is 14.4 Å². The summed E-state index contributed by atoms with van der Waals surface area (Å²) in [4.78, 5) is 33.9. The molecule has 0 radical (unpaired) electrons. The molecule has 0 aliphatic carbocycles. The maximum atomic E-state index is 13.4. The fraction of sp³-hybridized carbons (Fsp3) is 0.417. The number of carbonyl (C=O) groups excluding carboxylic acids is 2. The molecular formula is C24H28N2O4. The van der Waals surface area contributed by atoms with Gasteiger partial charge in [-0.1, -0.05) is 44.9 Å². The number of unbranched alkanes of at least 4 members (excludes halogenated alkanes) is 1. The number of benzene rings is 2. The highest BCUT2D eigenvalue weighted by Gasteiger charge is 2.59. The molecule has 158 valence electrons. The summed E-state index contributed by atoms with van der Waals surface area (Å²) in [6, 6.07) is 16.7. The minimum absolute atomic E-state index is 0.161. The molecule has 4 rings (SSSR count). The van der Waals surface area contributed by atoms with Gasteiger partial charge in [0.2, 0.25) is 5.91 Å². The van der Waals surface area contributed by atoms with Crippen molar-refractivity contribution in [3.63, 3.8) is 0 Å². The Morgan fingerprint density at radius 2 is 1.63 bits per heavy atom. The second-order valence-electron chi connectivity index (χ2n) is 7.78. The molecule has 2 aliphatic heterocycles. The fourth-order valence-corrected chi connectivity index (χ4v) is 4.19. The minimum atomic E-state index is -0.782. The quantitative estimate of drug-likeness (QED) is 0.608. The highest BCUT2D eigenvalue weighted by atomic mass is 16.7. The van der Waals surface area contributed by atoms with Gasteiger partial charge in [0.15, 0.2) is 6.10 Å². The third-order valence-electron chi connectivity index (χ3n) is 5.67. The molecule has 2 aliphatic rings. The van der Waals surface area contributed by atoms with Crippen LogP contribution in [0.1, 0.15) is 39.5 Å². The Balaban J connectivity index is 1.58. The van der Waals surface area contributed by atoms with Crippen LogP contribution in [0.4, 0.5) is 11.4 Å². The van der Waals surface area contributed by atoms with Gasteiger partial charge in [-0.05, 0) is 49.2 Å². The van der Waals surface area contributed by atoms with Crippen molar-refractivity contribution < 1.29 is 19.2 Å². The number of fused-ring (bicyclic) bond motifs is 1. The first kappa shape index (κ1) is 20.4. The molecule has 2 aromatic rings. The Hall–Kier alpha value is -2.86. The van der Waals surface area contributed by atoms with Gasteiger partial charge in [-0.15, -0.1) is 0 Å². The van der Waals surface area contributed by atoms with E-state index in [4.69, 9.17) is 9.57 Å². The van der Waals surface area contributed by atoms with E-state index < -0.39 is 12.0 Å². The van der Waals surface area contributed by atoms with E-state index in [2.05, 4.69) is 6.92 Å². The van der Waals surface area contributed by atoms with Crippen LogP contribution in [0, 0.1) is 5.92 Å². The summed E-state index contributed by atoms with van der Waals surface area (Å²) < 4.78 is 5.61. The van der Waals surface area contributed by atoms with Gasteiger partial charge in [0.05, 0.1) is 29.9 Å². The molecule has 30 heavy (non-hydrogen) atoms. The number of para-hydroxylation sites is 1. The molecule has 6 nitrogen and oxygen atoms in total. The Kier molecular flexibility index (Phi) is 6.04. The number of hydrogen-bond donors (Lipinski definition) is 0. The number of rotatable bonds is 8. The summed E-state index contributed by atoms with van der Waals surface area (Å²) in [5, 5.41) is 1.78. The second kappa shape index (κ2) is 8.88. The van der Waals surface area contributed by atoms with Crippen molar-refractivity contribution in [2.75, 3.05) is 16.6 Å². The lowest BCUT2D eigenvalue weighted by molar-refractivity contribution is -0.126. The lowest BCUT2D eigenvalue weighted by Crippen LogP contribution is -2.40. The van der Waals surface area contributed by atoms with Crippen molar-refractivity contribution in [1.82, 2.24) is 0 Å². The Morgan fingerprint density at radius 3 is 2.30 bits per heavy atom. The van der Waals surface area contributed by atoms with Crippen molar-refractivity contribution in [2.24, 2.45) is 5.92 Å². The number of nitrogens with zero attached hydrogens (tertiary/aromatic N) is 2. The molecule has 6 heteroatoms. The lowest BCUT2D eigenvalue weighted by Gasteiger charge is -2.28. The number of hydrogen-bond acceptors (Lipinski definition) is 5. The molecule has 2 saturated heterocycles. The molecule has 2 amide bonds. The Labute approximate surface area is 177 Å². The first-order valence-corrected chi connectivity index (χ1v) is 10.8. The van der Waals surface area contributed by atoms with Gasteiger partial charge in [0.25, 0.3) is 5.91 Å². The van der Waals surface area contributed by atoms with E-state index in [1.807, 2.05) is 37.3 Å². The molecule has 2 heterocycles. The average molecular weight is 408 g/mol. The maximum Gasteiger partial charge on any atom is 0.266 e. The number of amides is 2. The van der Waals surface area contributed by atoms with Crippen LogP contribution in [0.25, 0.3) is 0 Å². The van der Waals surface area contributed by atoms with Crippen LogP contribution in [-0.2, 0) is 14.4 Å². The van der Waals surface area contributed by atoms with Gasteiger partial charge < -0.3 is 4.74 Å². The number of hydroxylamine groups is 1. The summed E-state index contributed by atoms with van der Waals surface area (Å²) >= 11 is 0. The maximum absolute atomic E-state index is 13.4. The van der Waals surface area contributed by atoms with Gasteiger partial charge in [0, 0.05) is 0 Å². The van der Waals surface area contributed by atoms with Crippen LogP contribution in [0.15, 0.2) is 54.6 Å². The average Bonchev–Trinajstić information content (AvgIpc) is 3.27. The highest BCUT2D eigenvalue weighted by molar-refractivity contribution is 6.23. The molecule has 0 bridgehead atoms. The standard InChI is InChI=1S/C24H28N2O4/c1-3-5-11-20-21-22(30-26(20)18-9-7-6-8-10-18)24(28)25(23(21)27)17-12-14-19(15-13-17)29-16-4-2/h6-10,12-15,20-22H,3-5,11,16H2,1-2H3/t20-,21-,22-/m0/s1. The first-order valence-electron chi connectivity index (χ1n) is 10.8. The van der Waals surface area contributed by atoms with Crippen LogP contribution >= 0.6 is 0 Å². The van der Waals surface area contributed by atoms with E-state index in [0.717, 1.165) is 37.1 Å². The smallest absolute Gasteiger partial charge is 0.266 e. The van der Waals surface area contributed by atoms with E-state index in [1.54, 1.807) is 29.3 Å². The molecule has 0 unspecified atom stereocenters. The number of anilines is 2. The number of ether oxygens (including phenoxy) is 1. The first-order chi connectivity index (χ1) is 14.7. The van der Waals surface area contributed by atoms with Gasteiger partial charge in [-0.2, -0.15) is 0 Å². The molecule has 0 N–H and O–H groups in total. The van der Waals surface area contributed by atoms with Gasteiger partial charge in [-0.25, -0.2) is 9.96 Å². The predicted molar refractivity (Wildman–Crippen MR) is 115 cm³/mol. The summed E-state index contributed by atoms with van der Waals surface area (Å²) in [6.07, 6.45) is 2.91. The third kappa shape index (κ3) is 3.67.